The Morgan fingerprint density at radius 2 is 1.92 bits per heavy atom. The first-order valence-corrected chi connectivity index (χ1v) is 3.63. The van der Waals surface area contributed by atoms with Crippen molar-refractivity contribution in [3.8, 4) is 11.5 Å². The highest BCUT2D eigenvalue weighted by molar-refractivity contribution is 5.51. The third-order valence-electron chi connectivity index (χ3n) is 1.51. The maximum absolute atomic E-state index is 4.99. The highest BCUT2D eigenvalue weighted by Gasteiger charge is 2.08. The van der Waals surface area contributed by atoms with Crippen molar-refractivity contribution < 1.29 is 9.05 Å². The lowest BCUT2D eigenvalue weighted by molar-refractivity contribution is 0.390. The zero-order valence-electron chi connectivity index (χ0n) is 6.87. The van der Waals surface area contributed by atoms with Gasteiger partial charge in [0.2, 0.25) is 0 Å². The largest absolute Gasteiger partial charge is 0.361 e. The van der Waals surface area contributed by atoms with Gasteiger partial charge in [0, 0.05) is 12.1 Å². The number of hydrogen-bond acceptors (Lipinski definition) is 4. The molecule has 0 unspecified atom stereocenters. The van der Waals surface area contributed by atoms with Gasteiger partial charge in [-0.2, -0.15) is 0 Å². The summed E-state index contributed by atoms with van der Waals surface area (Å²) in [7, 11) is 0. The van der Waals surface area contributed by atoms with Gasteiger partial charge < -0.3 is 9.05 Å². The topological polar surface area (TPSA) is 52.1 Å². The summed E-state index contributed by atoms with van der Waals surface area (Å²) >= 11 is 0. The van der Waals surface area contributed by atoms with E-state index in [1.807, 2.05) is 19.9 Å². The molecule has 2 rings (SSSR count). The van der Waals surface area contributed by atoms with E-state index in [9.17, 15) is 0 Å². The SMILES string of the molecule is Cc1cc(-c2cc(C)on2)on1. The molecule has 0 aliphatic heterocycles. The molecule has 0 amide bonds. The Balaban J connectivity index is 2.43. The maximum Gasteiger partial charge on any atom is 0.189 e. The highest BCUT2D eigenvalue weighted by Crippen LogP contribution is 2.18. The maximum atomic E-state index is 4.99. The molecule has 2 aromatic rings. The molecule has 12 heavy (non-hydrogen) atoms. The first-order chi connectivity index (χ1) is 5.75. The van der Waals surface area contributed by atoms with Gasteiger partial charge in [-0.1, -0.05) is 10.3 Å². The van der Waals surface area contributed by atoms with E-state index in [0.717, 1.165) is 11.5 Å². The summed E-state index contributed by atoms with van der Waals surface area (Å²) < 4.78 is 9.88. The Morgan fingerprint density at radius 3 is 2.42 bits per heavy atom. The number of rotatable bonds is 1. The molecule has 0 saturated heterocycles. The van der Waals surface area contributed by atoms with Gasteiger partial charge in [-0.3, -0.25) is 0 Å². The Hall–Kier alpha value is -1.58. The van der Waals surface area contributed by atoms with Crippen LogP contribution in [-0.4, -0.2) is 10.3 Å². The number of aryl methyl sites for hydroxylation is 2. The first-order valence-electron chi connectivity index (χ1n) is 3.63. The minimum atomic E-state index is 0.643. The molecule has 0 aromatic carbocycles. The number of nitrogens with zero attached hydrogens (tertiary/aromatic N) is 2. The minimum absolute atomic E-state index is 0.643. The van der Waals surface area contributed by atoms with Crippen LogP contribution in [0.15, 0.2) is 21.2 Å². The molecule has 62 valence electrons. The zero-order valence-corrected chi connectivity index (χ0v) is 6.87. The van der Waals surface area contributed by atoms with Gasteiger partial charge in [-0.05, 0) is 13.8 Å². The molecule has 0 saturated carbocycles. The third-order valence-corrected chi connectivity index (χ3v) is 1.51. The van der Waals surface area contributed by atoms with Crippen LogP contribution >= 0.6 is 0 Å². The Kier molecular flexibility index (Phi) is 1.46. The summed E-state index contributed by atoms with van der Waals surface area (Å²) in [4.78, 5) is 0. The van der Waals surface area contributed by atoms with Gasteiger partial charge in [0.15, 0.2) is 11.5 Å². The van der Waals surface area contributed by atoms with Crippen molar-refractivity contribution in [2.45, 2.75) is 13.8 Å². The Morgan fingerprint density at radius 1 is 1.08 bits per heavy atom. The second-order valence-corrected chi connectivity index (χ2v) is 2.66. The number of hydrogen-bond donors (Lipinski definition) is 0. The molecular weight excluding hydrogens is 156 g/mol. The van der Waals surface area contributed by atoms with E-state index in [2.05, 4.69) is 10.3 Å². The summed E-state index contributed by atoms with van der Waals surface area (Å²) in [6, 6.07) is 3.62. The lowest BCUT2D eigenvalue weighted by atomic mass is 10.3. The van der Waals surface area contributed by atoms with E-state index in [-0.39, 0.29) is 0 Å². The molecule has 2 heterocycles. The third kappa shape index (κ3) is 1.11. The molecule has 4 heteroatoms. The fourth-order valence-electron chi connectivity index (χ4n) is 0.967. The normalized spacial score (nSPS) is 10.5. The average molecular weight is 164 g/mol. The molecule has 0 radical (unpaired) electrons. The quantitative estimate of drug-likeness (QED) is 0.646. The summed E-state index contributed by atoms with van der Waals surface area (Å²) in [6.07, 6.45) is 0. The standard InChI is InChI=1S/C8H8N2O2/c1-5-3-8(12-9-5)7-4-6(2)11-10-7/h3-4H,1-2H3. The molecule has 0 atom stereocenters. The Labute approximate surface area is 69.1 Å². The van der Waals surface area contributed by atoms with Gasteiger partial charge in [-0.15, -0.1) is 0 Å². The molecule has 0 aliphatic rings. The molecule has 2 aromatic heterocycles. The van der Waals surface area contributed by atoms with Crippen molar-refractivity contribution in [3.63, 3.8) is 0 Å². The van der Waals surface area contributed by atoms with Crippen LogP contribution in [0.3, 0.4) is 0 Å². The smallest absolute Gasteiger partial charge is 0.189 e. The predicted molar refractivity (Wildman–Crippen MR) is 41.5 cm³/mol. The summed E-state index contributed by atoms with van der Waals surface area (Å²) in [5, 5.41) is 7.54. The van der Waals surface area contributed by atoms with Crippen LogP contribution in [0.2, 0.25) is 0 Å². The molecule has 0 fully saturated rings. The highest BCUT2D eigenvalue weighted by atomic mass is 16.5. The monoisotopic (exact) mass is 164 g/mol. The second-order valence-electron chi connectivity index (χ2n) is 2.66. The van der Waals surface area contributed by atoms with E-state index >= 15 is 0 Å². The lowest BCUT2D eigenvalue weighted by Crippen LogP contribution is -1.69. The fraction of sp³-hybridized carbons (Fsp3) is 0.250. The van der Waals surface area contributed by atoms with Crippen LogP contribution in [0.4, 0.5) is 0 Å². The van der Waals surface area contributed by atoms with Gasteiger partial charge >= 0.3 is 0 Å². The summed E-state index contributed by atoms with van der Waals surface area (Å²) in [5.74, 6) is 1.41. The summed E-state index contributed by atoms with van der Waals surface area (Å²) in [6.45, 7) is 3.69. The van der Waals surface area contributed by atoms with Crippen LogP contribution in [0.25, 0.3) is 11.5 Å². The van der Waals surface area contributed by atoms with Crippen LogP contribution in [-0.2, 0) is 0 Å². The Bertz CT molecular complexity index is 351. The average Bonchev–Trinajstić information content (AvgIpc) is 2.58. The van der Waals surface area contributed by atoms with Crippen molar-refractivity contribution in [3.05, 3.63) is 23.6 Å². The molecule has 0 bridgehead atoms. The van der Waals surface area contributed by atoms with Crippen molar-refractivity contribution in [1.82, 2.24) is 10.3 Å². The van der Waals surface area contributed by atoms with E-state index in [0.29, 0.717) is 11.5 Å². The van der Waals surface area contributed by atoms with E-state index in [4.69, 9.17) is 9.05 Å². The molecule has 4 nitrogen and oxygen atoms in total. The molecule has 0 aliphatic carbocycles. The summed E-state index contributed by atoms with van der Waals surface area (Å²) in [5.41, 5.74) is 1.53. The molecule has 0 spiro atoms. The first kappa shape index (κ1) is 7.09. The van der Waals surface area contributed by atoms with Crippen molar-refractivity contribution in [1.29, 1.82) is 0 Å². The second kappa shape index (κ2) is 2.48. The number of aromatic nitrogens is 2. The van der Waals surface area contributed by atoms with Crippen LogP contribution in [0.5, 0.6) is 0 Å². The van der Waals surface area contributed by atoms with E-state index < -0.39 is 0 Å². The van der Waals surface area contributed by atoms with Crippen LogP contribution in [0, 0.1) is 13.8 Å². The molecule has 0 N–H and O–H groups in total. The van der Waals surface area contributed by atoms with Crippen molar-refractivity contribution in [2.75, 3.05) is 0 Å². The van der Waals surface area contributed by atoms with Crippen LogP contribution < -0.4 is 0 Å². The van der Waals surface area contributed by atoms with Crippen molar-refractivity contribution >= 4 is 0 Å². The fourth-order valence-corrected chi connectivity index (χ4v) is 0.967. The van der Waals surface area contributed by atoms with E-state index in [1.54, 1.807) is 6.07 Å². The van der Waals surface area contributed by atoms with Crippen molar-refractivity contribution in [2.24, 2.45) is 0 Å². The zero-order chi connectivity index (χ0) is 8.55. The van der Waals surface area contributed by atoms with E-state index in [1.165, 1.54) is 0 Å². The van der Waals surface area contributed by atoms with Crippen LogP contribution in [0.1, 0.15) is 11.5 Å². The minimum Gasteiger partial charge on any atom is -0.361 e. The van der Waals surface area contributed by atoms with Gasteiger partial charge in [0.05, 0.1) is 5.69 Å². The molecular formula is C8H8N2O2. The van der Waals surface area contributed by atoms with Gasteiger partial charge in [0.25, 0.3) is 0 Å². The predicted octanol–water partition coefficient (Wildman–Crippen LogP) is 1.95. The van der Waals surface area contributed by atoms with Gasteiger partial charge in [0.1, 0.15) is 5.76 Å². The van der Waals surface area contributed by atoms with Gasteiger partial charge in [-0.25, -0.2) is 0 Å². The lowest BCUT2D eigenvalue weighted by Gasteiger charge is -1.79.